The molecule has 0 spiro atoms. The monoisotopic (exact) mass is 532 g/mol. The second kappa shape index (κ2) is 10.1. The summed E-state index contributed by atoms with van der Waals surface area (Å²) >= 11 is 5.51. The van der Waals surface area contributed by atoms with Gasteiger partial charge in [0.2, 0.25) is 11.0 Å². The normalized spacial score (nSPS) is 11.1. The number of amides is 2. The number of nitrogens with one attached hydrogen (secondary N) is 2. The van der Waals surface area contributed by atoms with E-state index in [9.17, 15) is 22.8 Å². The summed E-state index contributed by atoms with van der Waals surface area (Å²) in [6, 6.07) is 11.6. The molecule has 0 aliphatic heterocycles. The van der Waals surface area contributed by atoms with Gasteiger partial charge in [-0.05, 0) is 42.5 Å². The van der Waals surface area contributed by atoms with Gasteiger partial charge in [0, 0.05) is 15.7 Å². The molecular formula is C18H12BrF3N4O3S2. The number of ether oxygens (including phenoxy) is 1. The zero-order valence-corrected chi connectivity index (χ0v) is 18.5. The van der Waals surface area contributed by atoms with E-state index in [1.807, 2.05) is 0 Å². The number of aromatic nitrogens is 2. The predicted octanol–water partition coefficient (Wildman–Crippen LogP) is 5.18. The summed E-state index contributed by atoms with van der Waals surface area (Å²) < 4.78 is 41.5. The van der Waals surface area contributed by atoms with Crippen molar-refractivity contribution in [2.45, 2.75) is 10.7 Å². The average molecular weight is 533 g/mol. The maximum absolute atomic E-state index is 12.2. The second-order valence-corrected chi connectivity index (χ2v) is 8.86. The van der Waals surface area contributed by atoms with Gasteiger partial charge in [0.15, 0.2) is 4.34 Å². The summed E-state index contributed by atoms with van der Waals surface area (Å²) in [6.07, 6.45) is -4.78. The number of hydrogen-bond donors (Lipinski definition) is 2. The number of rotatable bonds is 7. The molecule has 162 valence electrons. The zero-order valence-electron chi connectivity index (χ0n) is 15.3. The highest BCUT2D eigenvalue weighted by molar-refractivity contribution is 9.10. The number of carbonyl (C=O) groups is 2. The van der Waals surface area contributed by atoms with Crippen LogP contribution in [-0.2, 0) is 4.79 Å². The molecule has 0 atom stereocenters. The van der Waals surface area contributed by atoms with Crippen molar-refractivity contribution in [2.24, 2.45) is 0 Å². The third-order valence-electron chi connectivity index (χ3n) is 3.41. The molecule has 3 aromatic rings. The van der Waals surface area contributed by atoms with Crippen molar-refractivity contribution >= 4 is 61.7 Å². The first-order chi connectivity index (χ1) is 14.7. The van der Waals surface area contributed by atoms with Crippen LogP contribution in [0.2, 0.25) is 0 Å². The van der Waals surface area contributed by atoms with E-state index in [0.717, 1.165) is 39.7 Å². The summed E-state index contributed by atoms with van der Waals surface area (Å²) in [4.78, 5) is 24.3. The van der Waals surface area contributed by atoms with E-state index in [1.165, 1.54) is 12.1 Å². The molecule has 0 aliphatic rings. The second-order valence-electron chi connectivity index (χ2n) is 5.75. The molecule has 0 saturated heterocycles. The Balaban J connectivity index is 1.47. The molecule has 3 rings (SSSR count). The molecule has 2 amide bonds. The standard InChI is InChI=1S/C18H12BrF3N4O3S2/c19-11-3-1-2-10(8-11)15(28)24-16-25-26-17(31-16)30-9-14(27)23-12-4-6-13(7-5-12)29-18(20,21)22/h1-8H,9H2,(H,23,27)(H,24,25,28). The number of anilines is 2. The number of benzene rings is 2. The number of nitrogens with zero attached hydrogens (tertiary/aromatic N) is 2. The molecule has 1 heterocycles. The highest BCUT2D eigenvalue weighted by Gasteiger charge is 2.30. The summed E-state index contributed by atoms with van der Waals surface area (Å²) in [6.45, 7) is 0. The Labute approximate surface area is 190 Å². The molecule has 7 nitrogen and oxygen atoms in total. The first-order valence-corrected chi connectivity index (χ1v) is 11.0. The molecule has 0 aliphatic carbocycles. The van der Waals surface area contributed by atoms with Gasteiger partial charge in [-0.1, -0.05) is 45.1 Å². The molecule has 0 radical (unpaired) electrons. The quantitative estimate of drug-likeness (QED) is 0.321. The van der Waals surface area contributed by atoms with Crippen molar-refractivity contribution in [3.8, 4) is 5.75 Å². The van der Waals surface area contributed by atoms with Gasteiger partial charge in [0.1, 0.15) is 5.75 Å². The predicted molar refractivity (Wildman–Crippen MR) is 114 cm³/mol. The lowest BCUT2D eigenvalue weighted by molar-refractivity contribution is -0.274. The summed E-state index contributed by atoms with van der Waals surface area (Å²) in [5.74, 6) is -1.12. The lowest BCUT2D eigenvalue weighted by Crippen LogP contribution is -2.17. The van der Waals surface area contributed by atoms with Crippen molar-refractivity contribution in [3.63, 3.8) is 0 Å². The minimum atomic E-state index is -4.78. The highest BCUT2D eigenvalue weighted by Crippen LogP contribution is 2.27. The number of carbonyl (C=O) groups excluding carboxylic acids is 2. The molecule has 0 unspecified atom stereocenters. The molecule has 0 saturated carbocycles. The fourth-order valence-corrected chi connectivity index (χ4v) is 4.13. The van der Waals surface area contributed by atoms with Gasteiger partial charge in [-0.3, -0.25) is 14.9 Å². The first kappa shape index (κ1) is 23.0. The van der Waals surface area contributed by atoms with Gasteiger partial charge in [0.25, 0.3) is 5.91 Å². The van der Waals surface area contributed by atoms with Crippen LogP contribution in [0, 0.1) is 0 Å². The zero-order chi connectivity index (χ0) is 22.4. The Morgan fingerprint density at radius 2 is 1.84 bits per heavy atom. The van der Waals surface area contributed by atoms with Gasteiger partial charge in [0.05, 0.1) is 5.75 Å². The van der Waals surface area contributed by atoms with Crippen molar-refractivity contribution in [1.29, 1.82) is 0 Å². The van der Waals surface area contributed by atoms with Crippen LogP contribution < -0.4 is 15.4 Å². The van der Waals surface area contributed by atoms with Gasteiger partial charge in [-0.25, -0.2) is 0 Å². The van der Waals surface area contributed by atoms with Crippen molar-refractivity contribution in [1.82, 2.24) is 10.2 Å². The number of thioether (sulfide) groups is 1. The Bertz CT molecular complexity index is 1080. The summed E-state index contributed by atoms with van der Waals surface area (Å²) in [5, 5.41) is 13.3. The molecule has 0 fully saturated rings. The number of alkyl halides is 3. The van der Waals surface area contributed by atoms with Gasteiger partial charge < -0.3 is 10.1 Å². The number of hydrogen-bond acceptors (Lipinski definition) is 7. The van der Waals surface area contributed by atoms with Crippen LogP contribution >= 0.6 is 39.0 Å². The average Bonchev–Trinajstić information content (AvgIpc) is 3.14. The minimum absolute atomic E-state index is 0.00495. The van der Waals surface area contributed by atoms with Gasteiger partial charge in [-0.15, -0.1) is 23.4 Å². The van der Waals surface area contributed by atoms with Gasteiger partial charge in [-0.2, -0.15) is 0 Å². The first-order valence-electron chi connectivity index (χ1n) is 8.37. The summed E-state index contributed by atoms with van der Waals surface area (Å²) in [5.41, 5.74) is 0.768. The van der Waals surface area contributed by atoms with E-state index >= 15 is 0 Å². The van der Waals surface area contributed by atoms with Gasteiger partial charge >= 0.3 is 6.36 Å². The van der Waals surface area contributed by atoms with Crippen molar-refractivity contribution in [3.05, 3.63) is 58.6 Å². The van der Waals surface area contributed by atoms with E-state index in [2.05, 4.69) is 41.5 Å². The van der Waals surface area contributed by atoms with E-state index in [0.29, 0.717) is 15.6 Å². The Morgan fingerprint density at radius 3 is 2.52 bits per heavy atom. The molecule has 0 bridgehead atoms. The van der Waals surface area contributed by atoms with Crippen LogP contribution in [0.3, 0.4) is 0 Å². The van der Waals surface area contributed by atoms with Crippen molar-refractivity contribution in [2.75, 3.05) is 16.4 Å². The fourth-order valence-electron chi connectivity index (χ4n) is 2.18. The number of halogens is 4. The van der Waals surface area contributed by atoms with E-state index in [-0.39, 0.29) is 28.4 Å². The van der Waals surface area contributed by atoms with Crippen molar-refractivity contribution < 1.29 is 27.5 Å². The Morgan fingerprint density at radius 1 is 1.10 bits per heavy atom. The van der Waals surface area contributed by atoms with E-state index in [1.54, 1.807) is 24.3 Å². The lowest BCUT2D eigenvalue weighted by atomic mass is 10.2. The van der Waals surface area contributed by atoms with Crippen LogP contribution in [0.25, 0.3) is 0 Å². The van der Waals surface area contributed by atoms with Crippen LogP contribution in [0.15, 0.2) is 57.3 Å². The fraction of sp³-hybridized carbons (Fsp3) is 0.111. The third-order valence-corrected chi connectivity index (χ3v) is 5.88. The molecule has 2 N–H and O–H groups in total. The Hall–Kier alpha value is -2.64. The highest BCUT2D eigenvalue weighted by atomic mass is 79.9. The molecule has 1 aromatic heterocycles. The molecule has 31 heavy (non-hydrogen) atoms. The van der Waals surface area contributed by atoms with Crippen LogP contribution in [0.1, 0.15) is 10.4 Å². The van der Waals surface area contributed by atoms with Crippen LogP contribution in [0.4, 0.5) is 24.0 Å². The Kier molecular flexibility index (Phi) is 7.51. The SMILES string of the molecule is O=C(CSc1nnc(NC(=O)c2cccc(Br)c2)s1)Nc1ccc(OC(F)(F)F)cc1. The molecule has 13 heteroatoms. The topological polar surface area (TPSA) is 93.2 Å². The van der Waals surface area contributed by atoms with E-state index in [4.69, 9.17) is 0 Å². The van der Waals surface area contributed by atoms with Crippen LogP contribution in [0.5, 0.6) is 5.75 Å². The maximum atomic E-state index is 12.2. The minimum Gasteiger partial charge on any atom is -0.406 e. The summed E-state index contributed by atoms with van der Waals surface area (Å²) in [7, 11) is 0. The largest absolute Gasteiger partial charge is 0.573 e. The third kappa shape index (κ3) is 7.52. The van der Waals surface area contributed by atoms with Crippen LogP contribution in [-0.4, -0.2) is 34.1 Å². The van der Waals surface area contributed by atoms with E-state index < -0.39 is 6.36 Å². The maximum Gasteiger partial charge on any atom is 0.573 e. The molecular weight excluding hydrogens is 521 g/mol. The lowest BCUT2D eigenvalue weighted by Gasteiger charge is -2.09. The smallest absolute Gasteiger partial charge is 0.406 e. The molecule has 2 aromatic carbocycles.